The zero-order chi connectivity index (χ0) is 11.5. The van der Waals surface area contributed by atoms with E-state index in [-0.39, 0.29) is 0 Å². The van der Waals surface area contributed by atoms with Crippen LogP contribution in [0.2, 0.25) is 0 Å². The second kappa shape index (κ2) is 4.98. The Morgan fingerprint density at radius 3 is 2.19 bits per heavy atom. The topological polar surface area (TPSA) is 0 Å². The third kappa shape index (κ3) is 2.83. The van der Waals surface area contributed by atoms with Crippen molar-refractivity contribution in [1.29, 1.82) is 0 Å². The molecule has 16 heavy (non-hydrogen) atoms. The molecular formula is C14H14S2. The van der Waals surface area contributed by atoms with Gasteiger partial charge in [0.05, 0.1) is 0 Å². The standard InChI is InChI=1S/C14H14S2/c1-10-3-6-12(7-4-10)16-14-9-11(2)5-8-13(14)15/h3-9,15H,1-2H3. The van der Waals surface area contributed by atoms with Crippen molar-refractivity contribution in [2.75, 3.05) is 0 Å². The molecule has 82 valence electrons. The molecule has 0 fully saturated rings. The van der Waals surface area contributed by atoms with E-state index >= 15 is 0 Å². The molecule has 0 nitrogen and oxygen atoms in total. The maximum atomic E-state index is 4.47. The van der Waals surface area contributed by atoms with Crippen LogP contribution in [0.5, 0.6) is 0 Å². The number of hydrogen-bond donors (Lipinski definition) is 1. The van der Waals surface area contributed by atoms with Crippen LogP contribution in [0.25, 0.3) is 0 Å². The molecule has 2 aromatic rings. The van der Waals surface area contributed by atoms with Gasteiger partial charge in [0.1, 0.15) is 0 Å². The third-order valence-electron chi connectivity index (χ3n) is 2.36. The molecule has 0 aliphatic rings. The van der Waals surface area contributed by atoms with Crippen molar-refractivity contribution in [2.45, 2.75) is 28.5 Å². The molecule has 0 aliphatic heterocycles. The molecule has 0 heterocycles. The summed E-state index contributed by atoms with van der Waals surface area (Å²) in [7, 11) is 0. The fourth-order valence-electron chi connectivity index (χ4n) is 1.44. The summed E-state index contributed by atoms with van der Waals surface area (Å²) in [6, 6.07) is 14.9. The van der Waals surface area contributed by atoms with Gasteiger partial charge >= 0.3 is 0 Å². The van der Waals surface area contributed by atoms with E-state index in [0.717, 1.165) is 4.90 Å². The smallest absolute Gasteiger partial charge is 0.0258 e. The number of thiol groups is 1. The second-order valence-electron chi connectivity index (χ2n) is 3.89. The maximum absolute atomic E-state index is 4.47. The summed E-state index contributed by atoms with van der Waals surface area (Å²) in [6.07, 6.45) is 0. The Morgan fingerprint density at radius 2 is 1.50 bits per heavy atom. The van der Waals surface area contributed by atoms with Gasteiger partial charge in [-0.25, -0.2) is 0 Å². The Kier molecular flexibility index (Phi) is 3.62. The molecule has 0 saturated carbocycles. The summed E-state index contributed by atoms with van der Waals surface area (Å²) in [5.74, 6) is 0. The highest BCUT2D eigenvalue weighted by molar-refractivity contribution is 7.99. The minimum Gasteiger partial charge on any atom is -0.142 e. The van der Waals surface area contributed by atoms with Gasteiger partial charge in [0.2, 0.25) is 0 Å². The van der Waals surface area contributed by atoms with Gasteiger partial charge in [0.25, 0.3) is 0 Å². The average Bonchev–Trinajstić information content (AvgIpc) is 2.27. The molecule has 0 spiro atoms. The van der Waals surface area contributed by atoms with Crippen LogP contribution in [-0.4, -0.2) is 0 Å². The predicted octanol–water partition coefficient (Wildman–Crippen LogP) is 4.74. The van der Waals surface area contributed by atoms with Gasteiger partial charge < -0.3 is 0 Å². The Labute approximate surface area is 106 Å². The van der Waals surface area contributed by atoms with E-state index in [9.17, 15) is 0 Å². The van der Waals surface area contributed by atoms with Crippen LogP contribution in [0, 0.1) is 13.8 Å². The van der Waals surface area contributed by atoms with Gasteiger partial charge in [-0.15, -0.1) is 12.6 Å². The van der Waals surface area contributed by atoms with Crippen LogP contribution in [0.15, 0.2) is 57.2 Å². The van der Waals surface area contributed by atoms with Crippen molar-refractivity contribution in [2.24, 2.45) is 0 Å². The first-order chi connectivity index (χ1) is 7.65. The fraction of sp³-hybridized carbons (Fsp3) is 0.143. The van der Waals surface area contributed by atoms with E-state index in [1.165, 1.54) is 20.9 Å². The Balaban J connectivity index is 2.26. The number of benzene rings is 2. The molecule has 2 rings (SSSR count). The lowest BCUT2D eigenvalue weighted by Crippen LogP contribution is -1.79. The fourth-order valence-corrected chi connectivity index (χ4v) is 2.66. The second-order valence-corrected chi connectivity index (χ2v) is 5.48. The number of rotatable bonds is 2. The zero-order valence-electron chi connectivity index (χ0n) is 9.40. The van der Waals surface area contributed by atoms with Gasteiger partial charge in [-0.2, -0.15) is 0 Å². The Hall–Kier alpha value is -0.860. The number of aryl methyl sites for hydroxylation is 2. The lowest BCUT2D eigenvalue weighted by Gasteiger charge is -2.06. The Morgan fingerprint density at radius 1 is 0.875 bits per heavy atom. The van der Waals surface area contributed by atoms with Crippen LogP contribution >= 0.6 is 24.4 Å². The van der Waals surface area contributed by atoms with Crippen LogP contribution in [0.3, 0.4) is 0 Å². The largest absolute Gasteiger partial charge is 0.142 e. The molecular weight excluding hydrogens is 232 g/mol. The van der Waals surface area contributed by atoms with Gasteiger partial charge in [0.15, 0.2) is 0 Å². The molecule has 0 saturated heterocycles. The summed E-state index contributed by atoms with van der Waals surface area (Å²) in [6.45, 7) is 4.21. The van der Waals surface area contributed by atoms with E-state index in [0.29, 0.717) is 0 Å². The normalized spacial score (nSPS) is 10.4. The molecule has 0 amide bonds. The van der Waals surface area contributed by atoms with Crippen molar-refractivity contribution in [1.82, 2.24) is 0 Å². The Bertz CT molecular complexity index is 487. The maximum Gasteiger partial charge on any atom is 0.0258 e. The average molecular weight is 246 g/mol. The lowest BCUT2D eigenvalue weighted by atomic mass is 10.2. The zero-order valence-corrected chi connectivity index (χ0v) is 11.1. The van der Waals surface area contributed by atoms with Crippen LogP contribution in [0.4, 0.5) is 0 Å². The summed E-state index contributed by atoms with van der Waals surface area (Å²) < 4.78 is 0. The minimum absolute atomic E-state index is 1.04. The van der Waals surface area contributed by atoms with Crippen molar-refractivity contribution in [3.63, 3.8) is 0 Å². The molecule has 0 aromatic heterocycles. The van der Waals surface area contributed by atoms with Crippen molar-refractivity contribution < 1.29 is 0 Å². The predicted molar refractivity (Wildman–Crippen MR) is 73.7 cm³/mol. The van der Waals surface area contributed by atoms with E-state index in [1.54, 1.807) is 11.8 Å². The van der Waals surface area contributed by atoms with Crippen molar-refractivity contribution >= 4 is 24.4 Å². The van der Waals surface area contributed by atoms with E-state index < -0.39 is 0 Å². The molecule has 2 heteroatoms. The van der Waals surface area contributed by atoms with Crippen LogP contribution in [0.1, 0.15) is 11.1 Å². The first kappa shape index (κ1) is 11.6. The molecule has 0 unspecified atom stereocenters. The minimum atomic E-state index is 1.04. The van der Waals surface area contributed by atoms with Gasteiger partial charge in [-0.1, -0.05) is 35.5 Å². The monoisotopic (exact) mass is 246 g/mol. The van der Waals surface area contributed by atoms with Gasteiger partial charge in [-0.05, 0) is 43.7 Å². The highest BCUT2D eigenvalue weighted by Gasteiger charge is 2.01. The van der Waals surface area contributed by atoms with Crippen molar-refractivity contribution in [3.05, 3.63) is 53.6 Å². The van der Waals surface area contributed by atoms with Crippen molar-refractivity contribution in [3.8, 4) is 0 Å². The highest BCUT2D eigenvalue weighted by Crippen LogP contribution is 2.32. The molecule has 0 radical (unpaired) electrons. The lowest BCUT2D eigenvalue weighted by molar-refractivity contribution is 1.21. The van der Waals surface area contributed by atoms with E-state index in [1.807, 2.05) is 0 Å². The van der Waals surface area contributed by atoms with E-state index in [4.69, 9.17) is 0 Å². The molecule has 0 aliphatic carbocycles. The molecule has 0 atom stereocenters. The van der Waals surface area contributed by atoms with Gasteiger partial charge in [0, 0.05) is 14.7 Å². The first-order valence-corrected chi connectivity index (χ1v) is 6.45. The molecule has 2 aromatic carbocycles. The molecule has 0 N–H and O–H groups in total. The summed E-state index contributed by atoms with van der Waals surface area (Å²) in [4.78, 5) is 3.51. The van der Waals surface area contributed by atoms with E-state index in [2.05, 4.69) is 68.9 Å². The van der Waals surface area contributed by atoms with Crippen LogP contribution in [-0.2, 0) is 0 Å². The van der Waals surface area contributed by atoms with Crippen LogP contribution < -0.4 is 0 Å². The third-order valence-corrected chi connectivity index (χ3v) is 3.97. The summed E-state index contributed by atoms with van der Waals surface area (Å²) >= 11 is 6.24. The SMILES string of the molecule is Cc1ccc(Sc2cc(C)ccc2S)cc1. The highest BCUT2D eigenvalue weighted by atomic mass is 32.2. The molecule has 0 bridgehead atoms. The summed E-state index contributed by atoms with van der Waals surface area (Å²) in [5.41, 5.74) is 2.56. The van der Waals surface area contributed by atoms with Gasteiger partial charge in [-0.3, -0.25) is 0 Å². The first-order valence-electron chi connectivity index (χ1n) is 5.19. The quantitative estimate of drug-likeness (QED) is 0.747. The number of hydrogen-bond acceptors (Lipinski definition) is 2. The summed E-state index contributed by atoms with van der Waals surface area (Å²) in [5, 5.41) is 0.